The third-order valence-electron chi connectivity index (χ3n) is 7.70. The highest BCUT2D eigenvalue weighted by Gasteiger charge is 2.53. The van der Waals surface area contributed by atoms with Gasteiger partial charge in [-0.05, 0) is 41.8 Å². The van der Waals surface area contributed by atoms with Gasteiger partial charge in [-0.2, -0.15) is 0 Å². The van der Waals surface area contributed by atoms with Crippen molar-refractivity contribution in [1.29, 1.82) is 0 Å². The Morgan fingerprint density at radius 1 is 0.978 bits per heavy atom. The number of fused-ring (bicyclic) bond motifs is 1. The summed E-state index contributed by atoms with van der Waals surface area (Å²) in [6.45, 7) is 2.19. The van der Waals surface area contributed by atoms with Crippen molar-refractivity contribution in [3.63, 3.8) is 0 Å². The van der Waals surface area contributed by atoms with Crippen molar-refractivity contribution < 1.29 is 33.2 Å². The zero-order valence-electron chi connectivity index (χ0n) is 25.0. The summed E-state index contributed by atoms with van der Waals surface area (Å²) in [6.07, 6.45) is 0.186. The van der Waals surface area contributed by atoms with Crippen molar-refractivity contribution in [2.75, 3.05) is 24.0 Å². The predicted molar refractivity (Wildman–Crippen MR) is 164 cm³/mol. The smallest absolute Gasteiger partial charge is 0.395 e. The lowest BCUT2D eigenvalue weighted by molar-refractivity contribution is -0.402. The summed E-state index contributed by atoms with van der Waals surface area (Å²) in [4.78, 5) is 54.8. The molecule has 0 radical (unpaired) electrons. The number of nitro groups is 1. The standard InChI is InChI=1S/C33H32N4O8/c1-4-26(30(38)34-20-22-11-7-5-8-12-22)36(31(39)28-17-18-29(45-28)37(41)42)24-15-16-27-25(19-24)33(43-2,44-3)32(40)35(27)21-23-13-9-6-10-14-23/h5-19,26H,4,20-21H2,1-3H3,(H,34,38). The van der Waals surface area contributed by atoms with Gasteiger partial charge in [-0.3, -0.25) is 29.4 Å². The van der Waals surface area contributed by atoms with Crippen LogP contribution in [0.25, 0.3) is 0 Å². The number of ether oxygens (including phenoxy) is 2. The minimum absolute atomic E-state index is 0.186. The maximum Gasteiger partial charge on any atom is 0.433 e. The molecule has 1 unspecified atom stereocenters. The van der Waals surface area contributed by atoms with Gasteiger partial charge < -0.3 is 24.1 Å². The number of carbonyl (C=O) groups is 3. The van der Waals surface area contributed by atoms with Crippen molar-refractivity contribution in [2.24, 2.45) is 0 Å². The van der Waals surface area contributed by atoms with Gasteiger partial charge in [0.25, 0.3) is 17.6 Å². The molecule has 0 spiro atoms. The van der Waals surface area contributed by atoms with E-state index in [1.807, 2.05) is 60.7 Å². The molecule has 12 nitrogen and oxygen atoms in total. The molecule has 1 aliphatic rings. The van der Waals surface area contributed by atoms with Gasteiger partial charge in [0, 0.05) is 32.0 Å². The molecule has 3 aromatic carbocycles. The van der Waals surface area contributed by atoms with E-state index in [1.54, 1.807) is 25.1 Å². The minimum Gasteiger partial charge on any atom is -0.395 e. The first kappa shape index (κ1) is 31.1. The summed E-state index contributed by atoms with van der Waals surface area (Å²) in [5.41, 5.74) is 2.79. The van der Waals surface area contributed by atoms with Crippen LogP contribution in [-0.2, 0) is 37.9 Å². The molecular weight excluding hydrogens is 580 g/mol. The van der Waals surface area contributed by atoms with Gasteiger partial charge in [0.2, 0.25) is 5.91 Å². The van der Waals surface area contributed by atoms with Crippen LogP contribution in [0.1, 0.15) is 40.6 Å². The van der Waals surface area contributed by atoms with Crippen molar-refractivity contribution >= 4 is 35.0 Å². The largest absolute Gasteiger partial charge is 0.433 e. The molecule has 0 saturated carbocycles. The Balaban J connectivity index is 1.58. The van der Waals surface area contributed by atoms with Gasteiger partial charge in [-0.15, -0.1) is 0 Å². The van der Waals surface area contributed by atoms with Crippen LogP contribution >= 0.6 is 0 Å². The third kappa shape index (κ3) is 5.93. The van der Waals surface area contributed by atoms with E-state index in [-0.39, 0.29) is 31.0 Å². The summed E-state index contributed by atoms with van der Waals surface area (Å²) in [6, 6.07) is 24.7. The van der Waals surface area contributed by atoms with Crippen molar-refractivity contribution in [3.8, 4) is 0 Å². The maximum absolute atomic E-state index is 14.0. The molecule has 0 bridgehead atoms. The highest BCUT2D eigenvalue weighted by Crippen LogP contribution is 2.46. The van der Waals surface area contributed by atoms with Crippen LogP contribution in [0.15, 0.2) is 95.4 Å². The Bertz CT molecular complexity index is 1700. The molecular formula is C33H32N4O8. The van der Waals surface area contributed by atoms with E-state index in [2.05, 4.69) is 5.32 Å². The van der Waals surface area contributed by atoms with Crippen LogP contribution in [-0.4, -0.2) is 42.9 Å². The summed E-state index contributed by atoms with van der Waals surface area (Å²) >= 11 is 0. The van der Waals surface area contributed by atoms with E-state index in [0.29, 0.717) is 11.3 Å². The summed E-state index contributed by atoms with van der Waals surface area (Å²) in [5.74, 6) is -4.47. The molecule has 0 aliphatic carbocycles. The number of amides is 3. The molecule has 45 heavy (non-hydrogen) atoms. The van der Waals surface area contributed by atoms with Crippen molar-refractivity contribution in [3.05, 3.63) is 124 Å². The fourth-order valence-electron chi connectivity index (χ4n) is 5.46. The van der Waals surface area contributed by atoms with Gasteiger partial charge in [0.15, 0.2) is 5.76 Å². The van der Waals surface area contributed by atoms with E-state index in [1.165, 1.54) is 30.1 Å². The van der Waals surface area contributed by atoms with Crippen LogP contribution in [0.5, 0.6) is 0 Å². The first-order chi connectivity index (χ1) is 21.7. The van der Waals surface area contributed by atoms with Crippen LogP contribution in [0.2, 0.25) is 0 Å². The Morgan fingerprint density at radius 3 is 2.20 bits per heavy atom. The zero-order valence-corrected chi connectivity index (χ0v) is 25.0. The molecule has 0 saturated heterocycles. The lowest BCUT2D eigenvalue weighted by Gasteiger charge is -2.31. The van der Waals surface area contributed by atoms with Crippen LogP contribution < -0.4 is 15.1 Å². The van der Waals surface area contributed by atoms with Crippen molar-refractivity contribution in [1.82, 2.24) is 5.32 Å². The second kappa shape index (κ2) is 13.1. The number of hydrogen-bond acceptors (Lipinski definition) is 8. The van der Waals surface area contributed by atoms with Gasteiger partial charge in [0.1, 0.15) is 11.0 Å². The Labute approximate surface area is 259 Å². The highest BCUT2D eigenvalue weighted by molar-refractivity contribution is 6.10. The van der Waals surface area contributed by atoms with Gasteiger partial charge >= 0.3 is 5.88 Å². The maximum atomic E-state index is 14.0. The molecule has 1 N–H and O–H groups in total. The van der Waals surface area contributed by atoms with Gasteiger partial charge in [-0.25, -0.2) is 0 Å². The van der Waals surface area contributed by atoms with E-state index in [0.717, 1.165) is 17.2 Å². The van der Waals surface area contributed by atoms with E-state index in [9.17, 15) is 24.5 Å². The second-order valence-corrected chi connectivity index (χ2v) is 10.3. The average molecular weight is 613 g/mol. The van der Waals surface area contributed by atoms with Gasteiger partial charge in [-0.1, -0.05) is 67.6 Å². The number of carbonyl (C=O) groups excluding carboxylic acids is 3. The summed E-state index contributed by atoms with van der Waals surface area (Å²) in [7, 11) is 2.70. The second-order valence-electron chi connectivity index (χ2n) is 10.3. The molecule has 232 valence electrons. The number of hydrogen-bond donors (Lipinski definition) is 1. The first-order valence-electron chi connectivity index (χ1n) is 14.2. The molecule has 1 aromatic heterocycles. The molecule has 1 aliphatic heterocycles. The lowest BCUT2D eigenvalue weighted by Crippen LogP contribution is -2.49. The topological polar surface area (TPSA) is 144 Å². The molecule has 1 atom stereocenters. The monoisotopic (exact) mass is 612 g/mol. The SMILES string of the molecule is CCC(C(=O)NCc1ccccc1)N(C(=O)c1ccc([N+](=O)[O-])o1)c1ccc2c(c1)C(OC)(OC)C(=O)N2Cc1ccccc1. The van der Waals surface area contributed by atoms with Crippen molar-refractivity contribution in [2.45, 2.75) is 38.3 Å². The first-order valence-corrected chi connectivity index (χ1v) is 14.2. The number of nitrogens with one attached hydrogen (secondary N) is 1. The summed E-state index contributed by atoms with van der Waals surface area (Å²) in [5, 5.41) is 14.2. The fourth-order valence-corrected chi connectivity index (χ4v) is 5.46. The fraction of sp³-hybridized carbons (Fsp3) is 0.242. The number of methoxy groups -OCH3 is 2. The minimum atomic E-state index is -1.82. The van der Waals surface area contributed by atoms with Gasteiger partial charge in [0.05, 0.1) is 18.3 Å². The number of benzene rings is 3. The highest BCUT2D eigenvalue weighted by atomic mass is 16.7. The molecule has 12 heteroatoms. The molecule has 0 fully saturated rings. The van der Waals surface area contributed by atoms with E-state index in [4.69, 9.17) is 13.9 Å². The molecule has 3 amide bonds. The third-order valence-corrected chi connectivity index (χ3v) is 7.70. The average Bonchev–Trinajstić information content (AvgIpc) is 3.65. The van der Waals surface area contributed by atoms with Crippen LogP contribution in [0.3, 0.4) is 0 Å². The normalized spacial score (nSPS) is 14.1. The quantitative estimate of drug-likeness (QED) is 0.135. The van der Waals surface area contributed by atoms with Crippen LogP contribution in [0.4, 0.5) is 17.3 Å². The number of nitrogens with zero attached hydrogens (tertiary/aromatic N) is 3. The Hall–Kier alpha value is -5.33. The molecule has 4 aromatic rings. The van der Waals surface area contributed by atoms with Crippen LogP contribution in [0, 0.1) is 10.1 Å². The number of anilines is 2. The molecule has 5 rings (SSSR count). The predicted octanol–water partition coefficient (Wildman–Crippen LogP) is 4.92. The Morgan fingerprint density at radius 2 is 1.62 bits per heavy atom. The zero-order chi connectivity index (χ0) is 32.1. The van der Waals surface area contributed by atoms with E-state index < -0.39 is 40.4 Å². The Kier molecular flexibility index (Phi) is 9.07. The summed E-state index contributed by atoms with van der Waals surface area (Å²) < 4.78 is 16.6. The molecule has 2 heterocycles. The lowest BCUT2D eigenvalue weighted by atomic mass is 10.0. The number of rotatable bonds is 12. The number of furan rings is 1. The van der Waals surface area contributed by atoms with E-state index >= 15 is 0 Å².